The van der Waals surface area contributed by atoms with Gasteiger partial charge >= 0.3 is 0 Å². The second-order valence-corrected chi connectivity index (χ2v) is 15.2. The van der Waals surface area contributed by atoms with Gasteiger partial charge in [0.15, 0.2) is 17.2 Å². The third kappa shape index (κ3) is 8.18. The molecule has 18 heteroatoms. The molecule has 7 rings (SSSR count). The number of carbonyl (C=O) groups is 1. The summed E-state index contributed by atoms with van der Waals surface area (Å²) in [7, 11) is 5.49. The van der Waals surface area contributed by atoms with Gasteiger partial charge in [-0.2, -0.15) is 19.6 Å². The number of nitrogens with two attached hydrogens (primary N) is 1. The van der Waals surface area contributed by atoms with Crippen molar-refractivity contribution in [2.75, 3.05) is 87.9 Å². The summed E-state index contributed by atoms with van der Waals surface area (Å²) in [5.74, 6) is 1.28. The van der Waals surface area contributed by atoms with E-state index in [0.717, 1.165) is 53.9 Å². The van der Waals surface area contributed by atoms with E-state index in [9.17, 15) is 9.18 Å². The fourth-order valence-electron chi connectivity index (χ4n) is 6.81. The number of nitrogens with one attached hydrogen (secondary N) is 2. The lowest BCUT2D eigenvalue weighted by molar-refractivity contribution is -0.126. The topological polar surface area (TPSA) is 175 Å². The van der Waals surface area contributed by atoms with E-state index < -0.39 is 5.82 Å². The summed E-state index contributed by atoms with van der Waals surface area (Å²) in [4.78, 5) is 48.7. The summed E-state index contributed by atoms with van der Waals surface area (Å²) in [5.41, 5.74) is 13.4. The molecular formula is C39H46BrFN14O2. The molecule has 0 spiro atoms. The number of H-pyrrole nitrogens is 1. The van der Waals surface area contributed by atoms with Crippen molar-refractivity contribution in [3.8, 4) is 17.0 Å². The SMILES string of the molecule is C=C(CN(Cc1nc2cc(C)c(C)cc2[nH]1)c1nc(N2CCN(C)CC2)nc2c(Br)cnn12)C(=O)N(C)CCOc1c(N)ncnc1-c1cc(F)cc(NC)c1C. The van der Waals surface area contributed by atoms with Gasteiger partial charge in [0.2, 0.25) is 11.9 Å². The van der Waals surface area contributed by atoms with E-state index in [4.69, 9.17) is 25.4 Å². The van der Waals surface area contributed by atoms with Crippen LogP contribution < -0.4 is 25.6 Å². The lowest BCUT2D eigenvalue weighted by Crippen LogP contribution is -2.45. The zero-order valence-electron chi connectivity index (χ0n) is 32.9. The molecule has 0 aliphatic carbocycles. The molecule has 5 heterocycles. The van der Waals surface area contributed by atoms with Crippen molar-refractivity contribution < 1.29 is 13.9 Å². The highest BCUT2D eigenvalue weighted by Crippen LogP contribution is 2.36. The molecule has 298 valence electrons. The maximum Gasteiger partial charge on any atom is 0.250 e. The Hall–Kier alpha value is -5.88. The van der Waals surface area contributed by atoms with Gasteiger partial charge in [-0.05, 0) is 84.7 Å². The van der Waals surface area contributed by atoms with Gasteiger partial charge in [0, 0.05) is 57.1 Å². The van der Waals surface area contributed by atoms with Crippen LogP contribution in [0, 0.1) is 26.6 Å². The van der Waals surface area contributed by atoms with Gasteiger partial charge in [-0.25, -0.2) is 19.3 Å². The first-order chi connectivity index (χ1) is 27.3. The number of rotatable bonds is 13. The van der Waals surface area contributed by atoms with Crippen molar-refractivity contribution >= 4 is 61.9 Å². The molecule has 0 unspecified atom stereocenters. The van der Waals surface area contributed by atoms with Crippen LogP contribution in [0.5, 0.6) is 5.75 Å². The van der Waals surface area contributed by atoms with Crippen molar-refractivity contribution in [1.82, 2.24) is 49.3 Å². The highest BCUT2D eigenvalue weighted by molar-refractivity contribution is 9.10. The van der Waals surface area contributed by atoms with Crippen LogP contribution in [0.25, 0.3) is 27.9 Å². The number of aromatic nitrogens is 8. The smallest absolute Gasteiger partial charge is 0.250 e. The van der Waals surface area contributed by atoms with E-state index in [0.29, 0.717) is 50.4 Å². The number of likely N-dealkylation sites (N-methyl/N-ethyl adjacent to an activating group) is 2. The second kappa shape index (κ2) is 16.3. The van der Waals surface area contributed by atoms with Crippen molar-refractivity contribution in [1.29, 1.82) is 0 Å². The number of anilines is 4. The van der Waals surface area contributed by atoms with Crippen LogP contribution in [-0.2, 0) is 11.3 Å². The van der Waals surface area contributed by atoms with E-state index in [-0.39, 0.29) is 43.7 Å². The van der Waals surface area contributed by atoms with Crippen LogP contribution >= 0.6 is 15.9 Å². The van der Waals surface area contributed by atoms with Crippen molar-refractivity contribution in [3.05, 3.63) is 81.7 Å². The minimum atomic E-state index is -0.440. The lowest BCUT2D eigenvalue weighted by atomic mass is 10.0. The Morgan fingerprint density at radius 1 is 1.09 bits per heavy atom. The molecule has 2 aromatic carbocycles. The number of halogens is 2. The summed E-state index contributed by atoms with van der Waals surface area (Å²) in [5, 5.41) is 7.62. The maximum atomic E-state index is 14.6. The molecule has 4 N–H and O–H groups in total. The molecule has 16 nitrogen and oxygen atoms in total. The quantitative estimate of drug-likeness (QED) is 0.136. The zero-order chi connectivity index (χ0) is 40.5. The minimum absolute atomic E-state index is 0.0527. The highest BCUT2D eigenvalue weighted by Gasteiger charge is 2.26. The van der Waals surface area contributed by atoms with Crippen LogP contribution in [0.3, 0.4) is 0 Å². The highest BCUT2D eigenvalue weighted by atomic mass is 79.9. The molecule has 0 radical (unpaired) electrons. The lowest BCUT2D eigenvalue weighted by Gasteiger charge is -2.33. The number of amides is 1. The van der Waals surface area contributed by atoms with Gasteiger partial charge in [-0.1, -0.05) is 6.58 Å². The first kappa shape index (κ1) is 39.4. The van der Waals surface area contributed by atoms with Gasteiger partial charge in [0.1, 0.15) is 30.3 Å². The van der Waals surface area contributed by atoms with Crippen LogP contribution in [0.2, 0.25) is 0 Å². The minimum Gasteiger partial charge on any atom is -0.486 e. The number of hydrogen-bond acceptors (Lipinski definition) is 13. The second-order valence-electron chi connectivity index (χ2n) is 14.3. The number of carbonyl (C=O) groups excluding carboxylic acids is 1. The average molecular weight is 842 g/mol. The summed E-state index contributed by atoms with van der Waals surface area (Å²) in [6.45, 7) is 14.1. The van der Waals surface area contributed by atoms with E-state index in [1.54, 1.807) is 24.8 Å². The summed E-state index contributed by atoms with van der Waals surface area (Å²) < 4.78 is 23.1. The Bertz CT molecular complexity index is 2440. The normalized spacial score (nSPS) is 13.4. The van der Waals surface area contributed by atoms with Gasteiger partial charge in [-0.3, -0.25) is 4.79 Å². The molecule has 0 saturated carbocycles. The summed E-state index contributed by atoms with van der Waals surface area (Å²) in [6.07, 6.45) is 2.99. The molecule has 0 atom stereocenters. The molecule has 1 amide bonds. The molecule has 1 aliphatic rings. The molecule has 0 bridgehead atoms. The molecule has 6 aromatic rings. The number of hydrogen-bond donors (Lipinski definition) is 3. The Morgan fingerprint density at radius 2 is 1.84 bits per heavy atom. The first-order valence-electron chi connectivity index (χ1n) is 18.5. The Kier molecular flexibility index (Phi) is 11.3. The van der Waals surface area contributed by atoms with E-state index in [2.05, 4.69) is 90.7 Å². The van der Waals surface area contributed by atoms with Crippen molar-refractivity contribution in [2.45, 2.75) is 27.3 Å². The molecule has 57 heavy (non-hydrogen) atoms. The van der Waals surface area contributed by atoms with Crippen LogP contribution in [-0.4, -0.2) is 122 Å². The number of aryl methyl sites for hydroxylation is 2. The predicted octanol–water partition coefficient (Wildman–Crippen LogP) is 4.76. The van der Waals surface area contributed by atoms with Gasteiger partial charge in [0.25, 0.3) is 5.91 Å². The van der Waals surface area contributed by atoms with Gasteiger partial charge < -0.3 is 40.4 Å². The number of nitrogens with zero attached hydrogens (tertiary/aromatic N) is 11. The van der Waals surface area contributed by atoms with E-state index >= 15 is 0 Å². The van der Waals surface area contributed by atoms with Crippen LogP contribution in [0.15, 0.2) is 53.4 Å². The van der Waals surface area contributed by atoms with E-state index in [1.165, 1.54) is 23.4 Å². The van der Waals surface area contributed by atoms with Gasteiger partial charge in [-0.15, -0.1) is 0 Å². The average Bonchev–Trinajstić information content (AvgIpc) is 3.76. The number of fused-ring (bicyclic) bond motifs is 2. The number of nitrogen functional groups attached to an aromatic ring is 1. The Morgan fingerprint density at radius 3 is 2.60 bits per heavy atom. The van der Waals surface area contributed by atoms with Crippen LogP contribution in [0.4, 0.5) is 27.8 Å². The number of aromatic amines is 1. The monoisotopic (exact) mass is 840 g/mol. The molecular weight excluding hydrogens is 795 g/mol. The number of benzene rings is 2. The fourth-order valence-corrected chi connectivity index (χ4v) is 7.16. The van der Waals surface area contributed by atoms with Crippen molar-refractivity contribution in [2.24, 2.45) is 0 Å². The number of ether oxygens (including phenoxy) is 1. The Labute approximate surface area is 338 Å². The third-order valence-corrected chi connectivity index (χ3v) is 10.8. The summed E-state index contributed by atoms with van der Waals surface area (Å²) >= 11 is 3.63. The predicted molar refractivity (Wildman–Crippen MR) is 223 cm³/mol. The zero-order valence-corrected chi connectivity index (χ0v) is 34.5. The molecule has 1 fully saturated rings. The van der Waals surface area contributed by atoms with Crippen LogP contribution in [0.1, 0.15) is 22.5 Å². The molecule has 4 aromatic heterocycles. The number of imidazole rings is 1. The van der Waals surface area contributed by atoms with Crippen molar-refractivity contribution in [3.63, 3.8) is 0 Å². The molecule has 1 aliphatic heterocycles. The molecule has 1 saturated heterocycles. The first-order valence-corrected chi connectivity index (χ1v) is 19.3. The fraction of sp³-hybridized carbons (Fsp3) is 0.359. The third-order valence-electron chi connectivity index (χ3n) is 10.3. The maximum absolute atomic E-state index is 14.6. The summed E-state index contributed by atoms with van der Waals surface area (Å²) in [6, 6.07) is 6.93. The Balaban J connectivity index is 1.14. The number of piperazine rings is 1. The van der Waals surface area contributed by atoms with Gasteiger partial charge in [0.05, 0.1) is 41.3 Å². The largest absolute Gasteiger partial charge is 0.486 e. The standard InChI is InChI=1S/C39H46BrFN14O2/c1-22-14-30-31(15-23(22)2)48-32(47-30)20-54(39-50-38(53-10-8-51(6)9-11-53)49-36-28(40)18-46-55(36)39)19-24(3)37(56)52(7)12-13-57-34-33(44-21-45-35(34)42)27-16-26(41)17-29(43-5)25(27)4/h14-18,21,43H,3,8-13,19-20H2,1-2,4-7H3,(H,47,48)(H2,42,44,45). The van der Waals surface area contributed by atoms with E-state index in [1.807, 2.05) is 11.8 Å².